The Labute approximate surface area is 79.4 Å². The number of aliphatic hydroxyl groups excluding tert-OH is 1. The highest BCUT2D eigenvalue weighted by molar-refractivity contribution is 5.96. The van der Waals surface area contributed by atoms with Crippen molar-refractivity contribution in [3.63, 3.8) is 0 Å². The second kappa shape index (κ2) is 3.26. The van der Waals surface area contributed by atoms with Crippen LogP contribution in [-0.4, -0.2) is 45.4 Å². The molecule has 0 saturated carbocycles. The van der Waals surface area contributed by atoms with Gasteiger partial charge < -0.3 is 15.7 Å². The number of anilines is 1. The zero-order valence-corrected chi connectivity index (χ0v) is 7.38. The SMILES string of the molecule is Nc1nonc1C(=O)N1CC[C@H](O)C1. The lowest BCUT2D eigenvalue weighted by Gasteiger charge is -2.12. The average Bonchev–Trinajstić information content (AvgIpc) is 2.73. The van der Waals surface area contributed by atoms with Crippen LogP contribution in [0.5, 0.6) is 0 Å². The van der Waals surface area contributed by atoms with Gasteiger partial charge in [0, 0.05) is 13.1 Å². The van der Waals surface area contributed by atoms with Gasteiger partial charge >= 0.3 is 0 Å². The lowest BCUT2D eigenvalue weighted by Crippen LogP contribution is -2.30. The van der Waals surface area contributed by atoms with E-state index in [0.29, 0.717) is 19.5 Å². The van der Waals surface area contributed by atoms with Crippen molar-refractivity contribution in [1.82, 2.24) is 15.2 Å². The Morgan fingerprint density at radius 1 is 1.64 bits per heavy atom. The van der Waals surface area contributed by atoms with Gasteiger partial charge in [-0.2, -0.15) is 0 Å². The molecule has 76 valence electrons. The van der Waals surface area contributed by atoms with Crippen LogP contribution in [0.25, 0.3) is 0 Å². The van der Waals surface area contributed by atoms with Crippen molar-refractivity contribution in [3.8, 4) is 0 Å². The number of likely N-dealkylation sites (tertiary alicyclic amines) is 1. The Bertz CT molecular complexity index is 350. The van der Waals surface area contributed by atoms with Gasteiger partial charge in [0.2, 0.25) is 11.5 Å². The molecule has 7 heteroatoms. The third-order valence-electron chi connectivity index (χ3n) is 2.17. The molecule has 2 rings (SSSR count). The molecule has 1 saturated heterocycles. The van der Waals surface area contributed by atoms with Gasteiger partial charge in [-0.1, -0.05) is 0 Å². The zero-order valence-electron chi connectivity index (χ0n) is 7.38. The smallest absolute Gasteiger partial charge is 0.280 e. The summed E-state index contributed by atoms with van der Waals surface area (Å²) in [6.45, 7) is 0.817. The Balaban J connectivity index is 2.13. The Kier molecular flexibility index (Phi) is 2.08. The number of amides is 1. The number of nitrogen functional groups attached to an aromatic ring is 1. The van der Waals surface area contributed by atoms with Crippen molar-refractivity contribution in [2.75, 3.05) is 18.8 Å². The lowest BCUT2D eigenvalue weighted by molar-refractivity contribution is 0.0755. The number of nitrogens with zero attached hydrogens (tertiary/aromatic N) is 3. The molecule has 1 amide bonds. The Hall–Kier alpha value is -1.63. The lowest BCUT2D eigenvalue weighted by atomic mass is 10.3. The first-order chi connectivity index (χ1) is 6.68. The maximum Gasteiger partial charge on any atom is 0.280 e. The van der Waals surface area contributed by atoms with Crippen LogP contribution < -0.4 is 5.73 Å². The van der Waals surface area contributed by atoms with Gasteiger partial charge in [-0.05, 0) is 16.7 Å². The summed E-state index contributed by atoms with van der Waals surface area (Å²) < 4.78 is 4.32. The number of hydrogen-bond donors (Lipinski definition) is 2. The molecule has 14 heavy (non-hydrogen) atoms. The molecule has 1 atom stereocenters. The van der Waals surface area contributed by atoms with E-state index in [1.54, 1.807) is 0 Å². The molecule has 1 aliphatic heterocycles. The van der Waals surface area contributed by atoms with Gasteiger partial charge in [-0.15, -0.1) is 0 Å². The second-order valence-electron chi connectivity index (χ2n) is 3.19. The fraction of sp³-hybridized carbons (Fsp3) is 0.571. The first-order valence-electron chi connectivity index (χ1n) is 4.24. The number of nitrogens with two attached hydrogens (primary N) is 1. The molecule has 1 aromatic heterocycles. The summed E-state index contributed by atoms with van der Waals surface area (Å²) in [5.41, 5.74) is 5.38. The average molecular weight is 198 g/mol. The molecule has 7 nitrogen and oxygen atoms in total. The van der Waals surface area contributed by atoms with Crippen molar-refractivity contribution in [2.24, 2.45) is 0 Å². The normalized spacial score (nSPS) is 21.5. The Morgan fingerprint density at radius 3 is 2.93 bits per heavy atom. The molecule has 1 aromatic rings. The molecule has 0 bridgehead atoms. The van der Waals surface area contributed by atoms with Gasteiger partial charge in [0.05, 0.1) is 6.10 Å². The van der Waals surface area contributed by atoms with Crippen molar-refractivity contribution in [2.45, 2.75) is 12.5 Å². The van der Waals surface area contributed by atoms with E-state index < -0.39 is 6.10 Å². The van der Waals surface area contributed by atoms with E-state index in [1.165, 1.54) is 4.90 Å². The second-order valence-corrected chi connectivity index (χ2v) is 3.19. The summed E-state index contributed by atoms with van der Waals surface area (Å²) in [5, 5.41) is 15.9. The molecule has 0 aromatic carbocycles. The fourth-order valence-electron chi connectivity index (χ4n) is 1.42. The van der Waals surface area contributed by atoms with E-state index in [9.17, 15) is 9.90 Å². The van der Waals surface area contributed by atoms with Crippen molar-refractivity contribution < 1.29 is 14.5 Å². The van der Waals surface area contributed by atoms with Crippen LogP contribution in [0, 0.1) is 0 Å². The summed E-state index contributed by atoms with van der Waals surface area (Å²) in [6.07, 6.45) is 0.122. The van der Waals surface area contributed by atoms with Gasteiger partial charge in [0.1, 0.15) is 0 Å². The van der Waals surface area contributed by atoms with Crippen LogP contribution in [0.3, 0.4) is 0 Å². The molecule has 2 heterocycles. The molecular weight excluding hydrogens is 188 g/mol. The maximum absolute atomic E-state index is 11.6. The highest BCUT2D eigenvalue weighted by Crippen LogP contribution is 2.14. The van der Waals surface area contributed by atoms with Crippen molar-refractivity contribution in [3.05, 3.63) is 5.69 Å². The number of carbonyl (C=O) groups is 1. The minimum absolute atomic E-state index is 0.0131. The predicted molar refractivity (Wildman–Crippen MR) is 45.2 cm³/mol. The van der Waals surface area contributed by atoms with Crippen LogP contribution in [0.4, 0.5) is 5.82 Å². The summed E-state index contributed by atoms with van der Waals surface area (Å²) in [6, 6.07) is 0. The summed E-state index contributed by atoms with van der Waals surface area (Å²) in [5.74, 6) is -0.364. The van der Waals surface area contributed by atoms with E-state index in [4.69, 9.17) is 5.73 Å². The molecule has 0 radical (unpaired) electrons. The van der Waals surface area contributed by atoms with E-state index in [-0.39, 0.29) is 17.4 Å². The monoisotopic (exact) mass is 198 g/mol. The van der Waals surface area contributed by atoms with Gasteiger partial charge in [0.25, 0.3) is 5.91 Å². The van der Waals surface area contributed by atoms with E-state index in [1.807, 2.05) is 0 Å². The van der Waals surface area contributed by atoms with E-state index in [2.05, 4.69) is 14.9 Å². The quantitative estimate of drug-likeness (QED) is 0.590. The number of hydrogen-bond acceptors (Lipinski definition) is 6. The maximum atomic E-state index is 11.6. The molecule has 0 aliphatic carbocycles. The third kappa shape index (κ3) is 1.41. The van der Waals surface area contributed by atoms with Crippen LogP contribution in [0.2, 0.25) is 0 Å². The minimum atomic E-state index is -0.458. The van der Waals surface area contributed by atoms with Crippen molar-refractivity contribution >= 4 is 11.7 Å². The molecule has 1 aliphatic rings. The number of carbonyl (C=O) groups excluding carboxylic acids is 1. The highest BCUT2D eigenvalue weighted by Gasteiger charge is 2.28. The summed E-state index contributed by atoms with van der Waals surface area (Å²) in [4.78, 5) is 13.1. The molecule has 0 spiro atoms. The third-order valence-corrected chi connectivity index (χ3v) is 2.17. The van der Waals surface area contributed by atoms with E-state index >= 15 is 0 Å². The fourth-order valence-corrected chi connectivity index (χ4v) is 1.42. The number of rotatable bonds is 1. The minimum Gasteiger partial charge on any atom is -0.391 e. The van der Waals surface area contributed by atoms with Gasteiger partial charge in [-0.3, -0.25) is 4.79 Å². The van der Waals surface area contributed by atoms with Crippen molar-refractivity contribution in [1.29, 1.82) is 0 Å². The predicted octanol–water partition coefficient (Wildman–Crippen LogP) is -1.14. The Morgan fingerprint density at radius 2 is 2.43 bits per heavy atom. The first-order valence-corrected chi connectivity index (χ1v) is 4.24. The number of aliphatic hydroxyl groups is 1. The molecule has 0 unspecified atom stereocenters. The molecule has 3 N–H and O–H groups in total. The zero-order chi connectivity index (χ0) is 10.1. The highest BCUT2D eigenvalue weighted by atomic mass is 16.6. The van der Waals surface area contributed by atoms with Crippen LogP contribution in [0.15, 0.2) is 4.63 Å². The van der Waals surface area contributed by atoms with Crippen LogP contribution in [-0.2, 0) is 0 Å². The van der Waals surface area contributed by atoms with Crippen LogP contribution in [0.1, 0.15) is 16.9 Å². The van der Waals surface area contributed by atoms with E-state index in [0.717, 1.165) is 0 Å². The number of aromatic nitrogens is 2. The van der Waals surface area contributed by atoms with Gasteiger partial charge in [-0.25, -0.2) is 4.63 Å². The van der Waals surface area contributed by atoms with Crippen LogP contribution >= 0.6 is 0 Å². The summed E-state index contributed by atoms with van der Waals surface area (Å²) >= 11 is 0. The molecule has 1 fully saturated rings. The summed E-state index contributed by atoms with van der Waals surface area (Å²) in [7, 11) is 0. The largest absolute Gasteiger partial charge is 0.391 e. The number of β-amino-alcohol motifs (C(OH)–C–C–N with tert-alkyl or cyclic N) is 1. The first kappa shape index (κ1) is 8.95. The topological polar surface area (TPSA) is 105 Å². The van der Waals surface area contributed by atoms with Gasteiger partial charge in [0.15, 0.2) is 0 Å². The standard InChI is InChI=1S/C7H10N4O3/c8-6-5(9-14-10-6)7(13)11-2-1-4(12)3-11/h4,12H,1-3H2,(H2,8,10)/t4-/m0/s1. The molecular formula is C7H10N4O3.